The summed E-state index contributed by atoms with van der Waals surface area (Å²) in [5.41, 5.74) is 0.922. The van der Waals surface area contributed by atoms with Gasteiger partial charge in [0, 0.05) is 26.1 Å². The maximum Gasteiger partial charge on any atom is 0.191 e. The molecule has 0 fully saturated rings. The van der Waals surface area contributed by atoms with Crippen LogP contribution in [0, 0.1) is 6.92 Å². The number of hydrogen-bond acceptors (Lipinski definition) is 4. The summed E-state index contributed by atoms with van der Waals surface area (Å²) in [6.45, 7) is 6.71. The minimum Gasteiger partial charge on any atom is -0.487 e. The molecule has 1 unspecified atom stereocenters. The number of para-hydroxylation sites is 1. The summed E-state index contributed by atoms with van der Waals surface area (Å²) < 4.78 is 8.06. The van der Waals surface area contributed by atoms with Crippen molar-refractivity contribution in [3.63, 3.8) is 0 Å². The number of ether oxygens (including phenoxy) is 1. The van der Waals surface area contributed by atoms with Crippen molar-refractivity contribution in [3.05, 3.63) is 41.5 Å². The van der Waals surface area contributed by atoms with Gasteiger partial charge in [-0.05, 0) is 26.8 Å². The molecule has 8 heteroatoms. The molecule has 2 aromatic rings. The Kier molecular flexibility index (Phi) is 6.48. The molecule has 1 aliphatic rings. The summed E-state index contributed by atoms with van der Waals surface area (Å²) in [6.07, 6.45) is 0.855. The highest BCUT2D eigenvalue weighted by Crippen LogP contribution is 2.39. The fraction of sp³-hybridized carbons (Fsp3) is 0.500. The zero-order valence-electron chi connectivity index (χ0n) is 15.9. The van der Waals surface area contributed by atoms with Gasteiger partial charge in [-0.25, -0.2) is 0 Å². The normalized spacial score (nSPS) is 18.3. The lowest BCUT2D eigenvalue weighted by Crippen LogP contribution is -2.45. The molecule has 0 aliphatic carbocycles. The topological polar surface area (TPSA) is 76.4 Å². The Balaban J connectivity index is 0.00000243. The number of halogens is 1. The van der Waals surface area contributed by atoms with Crippen molar-refractivity contribution in [3.8, 4) is 5.75 Å². The number of aromatic nitrogens is 3. The minimum atomic E-state index is -0.231. The van der Waals surface area contributed by atoms with Gasteiger partial charge in [0.1, 0.15) is 17.2 Å². The molecule has 26 heavy (non-hydrogen) atoms. The van der Waals surface area contributed by atoms with Crippen LogP contribution in [0.3, 0.4) is 0 Å². The third-order valence-electron chi connectivity index (χ3n) is 4.51. The number of aliphatic imine (C=N–C) groups is 1. The van der Waals surface area contributed by atoms with Crippen LogP contribution in [0.1, 0.15) is 43.5 Å². The molecular weight excluding hydrogens is 443 g/mol. The summed E-state index contributed by atoms with van der Waals surface area (Å²) in [7, 11) is 3.73. The van der Waals surface area contributed by atoms with Gasteiger partial charge in [-0.15, -0.1) is 34.2 Å². The molecule has 7 nitrogen and oxygen atoms in total. The predicted octanol–water partition coefficient (Wildman–Crippen LogP) is 2.71. The maximum atomic E-state index is 6.09. The van der Waals surface area contributed by atoms with E-state index < -0.39 is 0 Å². The van der Waals surface area contributed by atoms with E-state index in [1.165, 1.54) is 0 Å². The third kappa shape index (κ3) is 4.46. The van der Waals surface area contributed by atoms with Crippen molar-refractivity contribution >= 4 is 29.9 Å². The van der Waals surface area contributed by atoms with E-state index in [4.69, 9.17) is 4.74 Å². The van der Waals surface area contributed by atoms with E-state index in [0.29, 0.717) is 6.54 Å². The molecule has 2 heterocycles. The highest BCUT2D eigenvalue weighted by molar-refractivity contribution is 14.0. The van der Waals surface area contributed by atoms with Crippen molar-refractivity contribution in [1.29, 1.82) is 0 Å². The number of aryl methyl sites for hydroxylation is 1. The van der Waals surface area contributed by atoms with Crippen LogP contribution in [0.2, 0.25) is 0 Å². The molecule has 0 radical (unpaired) electrons. The minimum absolute atomic E-state index is 0. The first-order chi connectivity index (χ1) is 11.9. The Hall–Kier alpha value is -1.84. The summed E-state index contributed by atoms with van der Waals surface area (Å²) >= 11 is 0. The zero-order valence-corrected chi connectivity index (χ0v) is 18.2. The maximum absolute atomic E-state index is 6.09. The Bertz CT molecular complexity index is 786. The molecule has 0 saturated heterocycles. The summed E-state index contributed by atoms with van der Waals surface area (Å²) in [4.78, 5) is 4.35. The second-order valence-corrected chi connectivity index (χ2v) is 6.95. The number of rotatable bonds is 3. The Morgan fingerprint density at radius 3 is 2.73 bits per heavy atom. The van der Waals surface area contributed by atoms with Crippen LogP contribution in [-0.4, -0.2) is 33.4 Å². The molecule has 2 N–H and O–H groups in total. The summed E-state index contributed by atoms with van der Waals surface area (Å²) in [5.74, 6) is 3.42. The zero-order chi connectivity index (χ0) is 18.0. The van der Waals surface area contributed by atoms with Crippen LogP contribution in [0.15, 0.2) is 29.3 Å². The van der Waals surface area contributed by atoms with E-state index in [9.17, 15) is 0 Å². The fourth-order valence-electron chi connectivity index (χ4n) is 3.06. The monoisotopic (exact) mass is 470 g/mol. The highest BCUT2D eigenvalue weighted by atomic mass is 127. The van der Waals surface area contributed by atoms with Crippen LogP contribution in [0.4, 0.5) is 0 Å². The van der Waals surface area contributed by atoms with Gasteiger partial charge >= 0.3 is 0 Å². The van der Waals surface area contributed by atoms with Gasteiger partial charge in [-0.1, -0.05) is 18.2 Å². The Morgan fingerprint density at radius 1 is 1.35 bits per heavy atom. The lowest BCUT2D eigenvalue weighted by Gasteiger charge is -2.38. The number of benzene rings is 1. The van der Waals surface area contributed by atoms with Crippen molar-refractivity contribution in [2.75, 3.05) is 7.05 Å². The number of hydrogen-bond donors (Lipinski definition) is 2. The number of nitrogens with one attached hydrogen (secondary N) is 2. The average Bonchev–Trinajstić information content (AvgIpc) is 2.89. The second-order valence-electron chi connectivity index (χ2n) is 6.95. The SMILES string of the molecule is CN=C(NCc1nnc(C)n1C)NC1CC(C)(C)Oc2ccccc21.I. The fourth-order valence-corrected chi connectivity index (χ4v) is 3.06. The van der Waals surface area contributed by atoms with Crippen LogP contribution in [0.25, 0.3) is 0 Å². The first kappa shape index (κ1) is 20.5. The van der Waals surface area contributed by atoms with Gasteiger partial charge in [0.2, 0.25) is 0 Å². The lowest BCUT2D eigenvalue weighted by molar-refractivity contribution is 0.0694. The largest absolute Gasteiger partial charge is 0.487 e. The van der Waals surface area contributed by atoms with Crippen molar-refractivity contribution < 1.29 is 4.74 Å². The molecule has 0 saturated carbocycles. The molecule has 1 aliphatic heterocycles. The first-order valence-electron chi connectivity index (χ1n) is 8.49. The third-order valence-corrected chi connectivity index (χ3v) is 4.51. The summed E-state index contributed by atoms with van der Waals surface area (Å²) in [6, 6.07) is 8.28. The van der Waals surface area contributed by atoms with E-state index in [0.717, 1.165) is 35.3 Å². The molecular formula is C18H27IN6O. The number of nitrogens with zero attached hydrogens (tertiary/aromatic N) is 4. The Morgan fingerprint density at radius 2 is 2.08 bits per heavy atom. The van der Waals surface area contributed by atoms with Gasteiger partial charge in [0.15, 0.2) is 11.8 Å². The second kappa shape index (κ2) is 8.24. The van der Waals surface area contributed by atoms with E-state index in [1.807, 2.05) is 36.7 Å². The van der Waals surface area contributed by atoms with E-state index in [2.05, 4.69) is 45.7 Å². The predicted molar refractivity (Wildman–Crippen MR) is 113 cm³/mol. The molecule has 1 aromatic carbocycles. The highest BCUT2D eigenvalue weighted by Gasteiger charge is 2.33. The molecule has 0 bridgehead atoms. The van der Waals surface area contributed by atoms with E-state index in [1.54, 1.807) is 7.05 Å². The molecule has 1 atom stereocenters. The molecule has 1 aromatic heterocycles. The molecule has 142 valence electrons. The quantitative estimate of drug-likeness (QED) is 0.410. The van der Waals surface area contributed by atoms with Crippen LogP contribution < -0.4 is 15.4 Å². The number of guanidine groups is 1. The lowest BCUT2D eigenvalue weighted by atomic mass is 9.90. The summed E-state index contributed by atoms with van der Waals surface area (Å²) in [5, 5.41) is 15.1. The first-order valence-corrected chi connectivity index (χ1v) is 8.49. The standard InChI is InChI=1S/C18H26N6O.HI/c1-12-22-23-16(24(12)5)11-20-17(19-4)21-14-10-18(2,3)25-15-9-7-6-8-13(14)15;/h6-9,14H,10-11H2,1-5H3,(H2,19,20,21);1H. The van der Waals surface area contributed by atoms with E-state index >= 15 is 0 Å². The Labute approximate surface area is 171 Å². The van der Waals surface area contributed by atoms with Crippen molar-refractivity contribution in [2.45, 2.75) is 45.4 Å². The van der Waals surface area contributed by atoms with Gasteiger partial charge in [-0.2, -0.15) is 0 Å². The smallest absolute Gasteiger partial charge is 0.191 e. The number of fused-ring (bicyclic) bond motifs is 1. The van der Waals surface area contributed by atoms with Crippen LogP contribution in [-0.2, 0) is 13.6 Å². The molecule has 0 amide bonds. The van der Waals surface area contributed by atoms with Gasteiger partial charge < -0.3 is 19.9 Å². The van der Waals surface area contributed by atoms with Crippen LogP contribution >= 0.6 is 24.0 Å². The molecule has 3 rings (SSSR count). The average molecular weight is 470 g/mol. The van der Waals surface area contributed by atoms with Crippen molar-refractivity contribution in [2.24, 2.45) is 12.0 Å². The van der Waals surface area contributed by atoms with Gasteiger partial charge in [0.25, 0.3) is 0 Å². The molecule has 0 spiro atoms. The van der Waals surface area contributed by atoms with E-state index in [-0.39, 0.29) is 35.6 Å². The van der Waals surface area contributed by atoms with Gasteiger partial charge in [0.05, 0.1) is 12.6 Å². The van der Waals surface area contributed by atoms with Crippen LogP contribution in [0.5, 0.6) is 5.75 Å². The van der Waals surface area contributed by atoms with Crippen molar-refractivity contribution in [1.82, 2.24) is 25.4 Å². The van der Waals surface area contributed by atoms with Gasteiger partial charge in [-0.3, -0.25) is 4.99 Å².